The fourth-order valence-electron chi connectivity index (χ4n) is 1.44. The molecule has 5 heteroatoms. The van der Waals surface area contributed by atoms with E-state index in [0.29, 0.717) is 5.82 Å². The number of anilines is 2. The van der Waals surface area contributed by atoms with Crippen LogP contribution in [0.25, 0.3) is 0 Å². The molecule has 0 aliphatic heterocycles. The SMILES string of the molecule is C[Si](C)(C)CCCc1cnc(N)nc1N. The number of hydrogen-bond donors (Lipinski definition) is 2. The highest BCUT2D eigenvalue weighted by molar-refractivity contribution is 6.76. The molecule has 1 heterocycles. The molecular weight excluding hydrogens is 204 g/mol. The number of aryl methyl sites for hydroxylation is 1. The van der Waals surface area contributed by atoms with Crippen molar-refractivity contribution in [2.24, 2.45) is 0 Å². The molecule has 4 nitrogen and oxygen atoms in total. The van der Waals surface area contributed by atoms with E-state index in [-0.39, 0.29) is 5.95 Å². The lowest BCUT2D eigenvalue weighted by molar-refractivity contribution is 0.890. The first-order valence-electron chi connectivity index (χ1n) is 5.25. The monoisotopic (exact) mass is 224 g/mol. The van der Waals surface area contributed by atoms with Crippen LogP contribution in [-0.4, -0.2) is 18.0 Å². The van der Waals surface area contributed by atoms with E-state index in [1.165, 1.54) is 6.04 Å². The molecule has 0 aliphatic carbocycles. The zero-order valence-electron chi connectivity index (χ0n) is 9.75. The summed E-state index contributed by atoms with van der Waals surface area (Å²) in [6.45, 7) is 7.11. The number of hydrogen-bond acceptors (Lipinski definition) is 4. The van der Waals surface area contributed by atoms with Gasteiger partial charge in [0.05, 0.1) is 0 Å². The summed E-state index contributed by atoms with van der Waals surface area (Å²) in [6, 6.07) is 1.30. The molecule has 1 rings (SSSR count). The lowest BCUT2D eigenvalue weighted by Gasteiger charge is -2.15. The first-order valence-corrected chi connectivity index (χ1v) is 8.96. The lowest BCUT2D eigenvalue weighted by atomic mass is 10.2. The van der Waals surface area contributed by atoms with E-state index >= 15 is 0 Å². The predicted octanol–water partition coefficient (Wildman–Crippen LogP) is 1.91. The molecule has 1 aromatic heterocycles. The van der Waals surface area contributed by atoms with Crippen LogP contribution in [0.2, 0.25) is 25.7 Å². The van der Waals surface area contributed by atoms with Gasteiger partial charge in [-0.2, -0.15) is 4.98 Å². The highest BCUT2D eigenvalue weighted by Crippen LogP contribution is 2.16. The summed E-state index contributed by atoms with van der Waals surface area (Å²) in [5.41, 5.74) is 12.2. The molecule has 0 amide bonds. The molecule has 0 radical (unpaired) electrons. The summed E-state index contributed by atoms with van der Waals surface area (Å²) in [4.78, 5) is 7.90. The summed E-state index contributed by atoms with van der Waals surface area (Å²) in [5.74, 6) is 0.777. The smallest absolute Gasteiger partial charge is 0.221 e. The number of nitrogens with two attached hydrogens (primary N) is 2. The van der Waals surface area contributed by atoms with Gasteiger partial charge in [0.1, 0.15) is 5.82 Å². The Hall–Kier alpha value is -1.10. The Morgan fingerprint density at radius 2 is 1.93 bits per heavy atom. The van der Waals surface area contributed by atoms with Crippen LogP contribution in [0.5, 0.6) is 0 Å². The van der Waals surface area contributed by atoms with E-state index in [1.807, 2.05) is 0 Å². The third kappa shape index (κ3) is 4.29. The van der Waals surface area contributed by atoms with E-state index in [2.05, 4.69) is 29.6 Å². The molecule has 0 bridgehead atoms. The summed E-state index contributed by atoms with van der Waals surface area (Å²) in [6.07, 6.45) is 3.85. The third-order valence-electron chi connectivity index (χ3n) is 2.29. The molecule has 0 atom stereocenters. The second-order valence-electron chi connectivity index (χ2n) is 5.05. The van der Waals surface area contributed by atoms with Crippen LogP contribution in [0.1, 0.15) is 12.0 Å². The van der Waals surface area contributed by atoms with Crippen molar-refractivity contribution in [3.63, 3.8) is 0 Å². The average molecular weight is 224 g/mol. The average Bonchev–Trinajstić information content (AvgIpc) is 2.07. The number of nitrogen functional groups attached to an aromatic ring is 2. The number of aromatic nitrogens is 2. The summed E-state index contributed by atoms with van der Waals surface area (Å²) in [7, 11) is -0.946. The quantitative estimate of drug-likeness (QED) is 0.766. The van der Waals surface area contributed by atoms with Crippen molar-refractivity contribution in [3.8, 4) is 0 Å². The molecule has 0 unspecified atom stereocenters. The summed E-state index contributed by atoms with van der Waals surface area (Å²) >= 11 is 0. The number of rotatable bonds is 4. The standard InChI is InChI=1S/C10H20N4Si/c1-15(2,3)6-4-5-8-7-13-10(12)14-9(8)11/h7H,4-6H2,1-3H3,(H4,11,12,13,14). The molecule has 15 heavy (non-hydrogen) atoms. The molecule has 0 aliphatic rings. The van der Waals surface area contributed by atoms with Crippen molar-refractivity contribution in [2.75, 3.05) is 11.5 Å². The van der Waals surface area contributed by atoms with Crippen LogP contribution in [0.4, 0.5) is 11.8 Å². The fraction of sp³-hybridized carbons (Fsp3) is 0.600. The molecule has 0 saturated carbocycles. The molecule has 0 aromatic carbocycles. The molecular formula is C10H20N4Si. The maximum Gasteiger partial charge on any atom is 0.221 e. The predicted molar refractivity (Wildman–Crippen MR) is 67.3 cm³/mol. The zero-order valence-corrected chi connectivity index (χ0v) is 10.7. The maximum atomic E-state index is 5.75. The van der Waals surface area contributed by atoms with Gasteiger partial charge in [0.15, 0.2) is 0 Å². The van der Waals surface area contributed by atoms with E-state index < -0.39 is 8.07 Å². The van der Waals surface area contributed by atoms with E-state index in [4.69, 9.17) is 11.5 Å². The minimum Gasteiger partial charge on any atom is -0.383 e. The lowest BCUT2D eigenvalue weighted by Crippen LogP contribution is -2.19. The van der Waals surface area contributed by atoms with Gasteiger partial charge in [-0.15, -0.1) is 0 Å². The molecule has 0 fully saturated rings. The van der Waals surface area contributed by atoms with Gasteiger partial charge in [-0.1, -0.05) is 32.1 Å². The largest absolute Gasteiger partial charge is 0.383 e. The molecule has 0 saturated heterocycles. The van der Waals surface area contributed by atoms with Crippen molar-refractivity contribution in [2.45, 2.75) is 38.5 Å². The highest BCUT2D eigenvalue weighted by atomic mass is 28.3. The van der Waals surface area contributed by atoms with Crippen LogP contribution in [0.15, 0.2) is 6.20 Å². The van der Waals surface area contributed by atoms with Crippen LogP contribution in [0, 0.1) is 0 Å². The first-order chi connectivity index (χ1) is 6.88. The Bertz CT molecular complexity index is 333. The minimum absolute atomic E-state index is 0.251. The third-order valence-corrected chi connectivity index (χ3v) is 4.14. The van der Waals surface area contributed by atoms with Crippen LogP contribution >= 0.6 is 0 Å². The Labute approximate surface area is 92.1 Å². The minimum atomic E-state index is -0.946. The number of nitrogens with zero attached hydrogens (tertiary/aromatic N) is 2. The van der Waals surface area contributed by atoms with Gasteiger partial charge in [-0.05, 0) is 6.42 Å². The summed E-state index contributed by atoms with van der Waals surface area (Å²) < 4.78 is 0. The van der Waals surface area contributed by atoms with Crippen molar-refractivity contribution in [1.82, 2.24) is 9.97 Å². The topological polar surface area (TPSA) is 77.8 Å². The van der Waals surface area contributed by atoms with Gasteiger partial charge in [-0.3, -0.25) is 0 Å². The van der Waals surface area contributed by atoms with Gasteiger partial charge in [0.25, 0.3) is 0 Å². The van der Waals surface area contributed by atoms with Crippen molar-refractivity contribution in [3.05, 3.63) is 11.8 Å². The highest BCUT2D eigenvalue weighted by Gasteiger charge is 2.12. The van der Waals surface area contributed by atoms with E-state index in [9.17, 15) is 0 Å². The first kappa shape index (κ1) is 12.0. The molecule has 0 spiro atoms. The van der Waals surface area contributed by atoms with Gasteiger partial charge >= 0.3 is 0 Å². The maximum absolute atomic E-state index is 5.75. The molecule has 4 N–H and O–H groups in total. The zero-order chi connectivity index (χ0) is 11.5. The second kappa shape index (κ2) is 4.61. The summed E-state index contributed by atoms with van der Waals surface area (Å²) in [5, 5.41) is 0. The fourth-order valence-corrected chi connectivity index (χ4v) is 2.67. The molecule has 84 valence electrons. The Balaban J connectivity index is 2.51. The van der Waals surface area contributed by atoms with Gasteiger partial charge in [0.2, 0.25) is 5.95 Å². The van der Waals surface area contributed by atoms with Crippen LogP contribution in [0.3, 0.4) is 0 Å². The van der Waals surface area contributed by atoms with Crippen molar-refractivity contribution >= 4 is 19.8 Å². The van der Waals surface area contributed by atoms with Crippen molar-refractivity contribution in [1.29, 1.82) is 0 Å². The van der Waals surface area contributed by atoms with E-state index in [0.717, 1.165) is 18.4 Å². The Morgan fingerprint density at radius 3 is 2.47 bits per heavy atom. The Morgan fingerprint density at radius 1 is 1.27 bits per heavy atom. The van der Waals surface area contributed by atoms with Crippen molar-refractivity contribution < 1.29 is 0 Å². The molecule has 1 aromatic rings. The van der Waals surface area contributed by atoms with Crippen LogP contribution < -0.4 is 11.5 Å². The van der Waals surface area contributed by atoms with Gasteiger partial charge < -0.3 is 11.5 Å². The van der Waals surface area contributed by atoms with E-state index in [1.54, 1.807) is 6.20 Å². The Kier molecular flexibility index (Phi) is 3.68. The second-order valence-corrected chi connectivity index (χ2v) is 10.7. The normalized spacial score (nSPS) is 11.7. The van der Waals surface area contributed by atoms with Gasteiger partial charge in [0, 0.05) is 19.8 Å². The van der Waals surface area contributed by atoms with Gasteiger partial charge in [-0.25, -0.2) is 4.98 Å². The van der Waals surface area contributed by atoms with Crippen LogP contribution in [-0.2, 0) is 6.42 Å².